The summed E-state index contributed by atoms with van der Waals surface area (Å²) in [5, 5.41) is 8.65. The molecule has 1 amide bonds. The van der Waals surface area contributed by atoms with Crippen molar-refractivity contribution in [2.45, 2.75) is 6.42 Å². The Labute approximate surface area is 122 Å². The second kappa shape index (κ2) is 6.40. The molecule has 1 saturated heterocycles. The van der Waals surface area contributed by atoms with Crippen molar-refractivity contribution in [3.8, 4) is 5.75 Å². The fraction of sp³-hybridized carbons (Fsp3) is 0.462. The van der Waals surface area contributed by atoms with Gasteiger partial charge in [-0.05, 0) is 24.3 Å². The van der Waals surface area contributed by atoms with Gasteiger partial charge < -0.3 is 14.7 Å². The van der Waals surface area contributed by atoms with Gasteiger partial charge in [-0.25, -0.2) is 0 Å². The van der Waals surface area contributed by atoms with Crippen molar-refractivity contribution >= 4 is 21.8 Å². The number of benzene rings is 1. The maximum Gasteiger partial charge on any atom is 0.302 e. The Kier molecular flexibility index (Phi) is 4.79. The average Bonchev–Trinajstić information content (AvgIpc) is 2.75. The van der Waals surface area contributed by atoms with Gasteiger partial charge in [-0.15, -0.1) is 3.89 Å². The SMILES string of the molecule is O=C1CC(CS(=O)(=O)F)CN1c1ccc(OCCO)cc1. The van der Waals surface area contributed by atoms with Gasteiger partial charge in [0.05, 0.1) is 12.4 Å². The Hall–Kier alpha value is -1.67. The van der Waals surface area contributed by atoms with Crippen molar-refractivity contribution in [3.05, 3.63) is 24.3 Å². The summed E-state index contributed by atoms with van der Waals surface area (Å²) in [7, 11) is -4.58. The van der Waals surface area contributed by atoms with E-state index in [4.69, 9.17) is 9.84 Å². The summed E-state index contributed by atoms with van der Waals surface area (Å²) in [6.45, 7) is 0.267. The maximum absolute atomic E-state index is 12.7. The number of nitrogens with zero attached hydrogens (tertiary/aromatic N) is 1. The van der Waals surface area contributed by atoms with Crippen molar-refractivity contribution in [2.75, 3.05) is 30.4 Å². The molecule has 1 aromatic carbocycles. The van der Waals surface area contributed by atoms with Gasteiger partial charge in [-0.2, -0.15) is 8.42 Å². The summed E-state index contributed by atoms with van der Waals surface area (Å²) in [6, 6.07) is 6.63. The summed E-state index contributed by atoms with van der Waals surface area (Å²) < 4.78 is 39.2. The molecule has 1 atom stereocenters. The summed E-state index contributed by atoms with van der Waals surface area (Å²) in [4.78, 5) is 13.3. The van der Waals surface area contributed by atoms with Crippen molar-refractivity contribution in [3.63, 3.8) is 0 Å². The van der Waals surface area contributed by atoms with E-state index >= 15 is 0 Å². The van der Waals surface area contributed by atoms with Crippen LogP contribution in [-0.4, -0.2) is 44.9 Å². The van der Waals surface area contributed by atoms with Crippen LogP contribution in [-0.2, 0) is 15.0 Å². The molecule has 0 bridgehead atoms. The number of ether oxygens (including phenoxy) is 1. The fourth-order valence-electron chi connectivity index (χ4n) is 2.31. The van der Waals surface area contributed by atoms with Crippen LogP contribution in [0.3, 0.4) is 0 Å². The Balaban J connectivity index is 2.03. The maximum atomic E-state index is 12.7. The largest absolute Gasteiger partial charge is 0.491 e. The number of rotatable bonds is 6. The number of carbonyl (C=O) groups excluding carboxylic acids is 1. The van der Waals surface area contributed by atoms with E-state index in [0.717, 1.165) is 0 Å². The zero-order valence-corrected chi connectivity index (χ0v) is 12.1. The highest BCUT2D eigenvalue weighted by Gasteiger charge is 2.33. The van der Waals surface area contributed by atoms with Gasteiger partial charge in [0.15, 0.2) is 0 Å². The Morgan fingerprint density at radius 3 is 2.57 bits per heavy atom. The molecule has 1 heterocycles. The van der Waals surface area contributed by atoms with Crippen LogP contribution in [0.2, 0.25) is 0 Å². The molecular formula is C13H16FNO5S. The van der Waals surface area contributed by atoms with Gasteiger partial charge >= 0.3 is 10.2 Å². The molecule has 0 aromatic heterocycles. The highest BCUT2D eigenvalue weighted by atomic mass is 32.3. The molecule has 1 N–H and O–H groups in total. The second-order valence-electron chi connectivity index (χ2n) is 4.85. The number of carbonyl (C=O) groups is 1. The number of anilines is 1. The molecule has 0 saturated carbocycles. The van der Waals surface area contributed by atoms with E-state index < -0.39 is 21.9 Å². The minimum atomic E-state index is -4.58. The highest BCUT2D eigenvalue weighted by Crippen LogP contribution is 2.27. The molecule has 1 aliphatic rings. The zero-order valence-electron chi connectivity index (χ0n) is 11.2. The van der Waals surface area contributed by atoms with Gasteiger partial charge in [0, 0.05) is 24.6 Å². The standard InChI is InChI=1S/C13H16FNO5S/c14-21(18,19)9-10-7-13(17)15(8-10)11-1-3-12(4-2-11)20-6-5-16/h1-4,10,16H,5-9H2. The molecule has 0 aliphatic carbocycles. The third-order valence-corrected chi connectivity index (χ3v) is 4.02. The first-order valence-corrected chi connectivity index (χ1v) is 8.01. The normalized spacial score (nSPS) is 19.0. The van der Waals surface area contributed by atoms with Gasteiger partial charge in [0.1, 0.15) is 12.4 Å². The van der Waals surface area contributed by atoms with Crippen molar-refractivity contribution in [1.82, 2.24) is 0 Å². The molecule has 0 spiro atoms. The van der Waals surface area contributed by atoms with E-state index in [1.165, 1.54) is 4.90 Å². The topological polar surface area (TPSA) is 83.9 Å². The summed E-state index contributed by atoms with van der Waals surface area (Å²) in [6.07, 6.45) is 0.0198. The predicted octanol–water partition coefficient (Wildman–Crippen LogP) is 0.710. The number of hydrogen-bond donors (Lipinski definition) is 1. The fourth-order valence-corrected chi connectivity index (χ4v) is 3.10. The molecule has 2 rings (SSSR count). The third kappa shape index (κ3) is 4.40. The second-order valence-corrected chi connectivity index (χ2v) is 6.26. The van der Waals surface area contributed by atoms with Crippen molar-refractivity contribution < 1.29 is 26.9 Å². The van der Waals surface area contributed by atoms with E-state index in [0.29, 0.717) is 11.4 Å². The molecule has 1 unspecified atom stereocenters. The predicted molar refractivity (Wildman–Crippen MR) is 74.4 cm³/mol. The van der Waals surface area contributed by atoms with Crippen LogP contribution < -0.4 is 9.64 Å². The van der Waals surface area contributed by atoms with Crippen LogP contribution in [0, 0.1) is 5.92 Å². The monoisotopic (exact) mass is 317 g/mol. The zero-order chi connectivity index (χ0) is 15.5. The molecular weight excluding hydrogens is 301 g/mol. The van der Waals surface area contributed by atoms with E-state index in [9.17, 15) is 17.1 Å². The lowest BCUT2D eigenvalue weighted by molar-refractivity contribution is -0.117. The van der Waals surface area contributed by atoms with Gasteiger partial charge in [0.25, 0.3) is 0 Å². The summed E-state index contributed by atoms with van der Waals surface area (Å²) in [5.74, 6) is -0.833. The van der Waals surface area contributed by atoms with Crippen LogP contribution >= 0.6 is 0 Å². The summed E-state index contributed by atoms with van der Waals surface area (Å²) >= 11 is 0. The van der Waals surface area contributed by atoms with Gasteiger partial charge in [0.2, 0.25) is 5.91 Å². The highest BCUT2D eigenvalue weighted by molar-refractivity contribution is 7.86. The first-order valence-electron chi connectivity index (χ1n) is 6.45. The third-order valence-electron chi connectivity index (χ3n) is 3.15. The smallest absolute Gasteiger partial charge is 0.302 e. The van der Waals surface area contributed by atoms with Crippen LogP contribution in [0.4, 0.5) is 9.57 Å². The molecule has 116 valence electrons. The Morgan fingerprint density at radius 1 is 1.33 bits per heavy atom. The number of hydrogen-bond acceptors (Lipinski definition) is 5. The number of halogens is 1. The van der Waals surface area contributed by atoms with Crippen LogP contribution in [0.5, 0.6) is 5.75 Å². The van der Waals surface area contributed by atoms with E-state index in [1.54, 1.807) is 24.3 Å². The van der Waals surface area contributed by atoms with Gasteiger partial charge in [-0.1, -0.05) is 0 Å². The molecule has 0 radical (unpaired) electrons. The number of aliphatic hydroxyl groups excluding tert-OH is 1. The minimum Gasteiger partial charge on any atom is -0.491 e. The van der Waals surface area contributed by atoms with Crippen molar-refractivity contribution in [1.29, 1.82) is 0 Å². The molecule has 8 heteroatoms. The first kappa shape index (κ1) is 15.7. The van der Waals surface area contributed by atoms with Crippen molar-refractivity contribution in [2.24, 2.45) is 5.92 Å². The molecule has 6 nitrogen and oxygen atoms in total. The molecule has 1 fully saturated rings. The van der Waals surface area contributed by atoms with Crippen LogP contribution in [0.1, 0.15) is 6.42 Å². The van der Waals surface area contributed by atoms with E-state index in [1.807, 2.05) is 0 Å². The average molecular weight is 317 g/mol. The van der Waals surface area contributed by atoms with E-state index in [-0.39, 0.29) is 32.1 Å². The number of amides is 1. The first-order chi connectivity index (χ1) is 9.89. The lowest BCUT2D eigenvalue weighted by atomic mass is 10.1. The lowest BCUT2D eigenvalue weighted by Crippen LogP contribution is -2.25. The Bertz CT molecular complexity index is 601. The number of aliphatic hydroxyl groups is 1. The minimum absolute atomic E-state index is 0.0198. The quantitative estimate of drug-likeness (QED) is 0.781. The van der Waals surface area contributed by atoms with Crippen LogP contribution in [0.15, 0.2) is 24.3 Å². The van der Waals surface area contributed by atoms with E-state index in [2.05, 4.69) is 0 Å². The van der Waals surface area contributed by atoms with Crippen LogP contribution in [0.25, 0.3) is 0 Å². The molecule has 1 aliphatic heterocycles. The Morgan fingerprint density at radius 2 is 2.00 bits per heavy atom. The summed E-state index contributed by atoms with van der Waals surface area (Å²) in [5.41, 5.74) is 0.607. The molecule has 21 heavy (non-hydrogen) atoms. The van der Waals surface area contributed by atoms with Gasteiger partial charge in [-0.3, -0.25) is 4.79 Å². The lowest BCUT2D eigenvalue weighted by Gasteiger charge is -2.17. The molecule has 1 aromatic rings.